The van der Waals surface area contributed by atoms with Crippen molar-refractivity contribution in [1.82, 2.24) is 0 Å². The lowest BCUT2D eigenvalue weighted by Gasteiger charge is -2.02. The Morgan fingerprint density at radius 1 is 1.35 bits per heavy atom. The first-order chi connectivity index (χ1) is 8.16. The number of hydrogen-bond acceptors (Lipinski definition) is 2. The Labute approximate surface area is 108 Å². The lowest BCUT2D eigenvalue weighted by molar-refractivity contribution is 0.0979. The van der Waals surface area contributed by atoms with Crippen LogP contribution in [0, 0.1) is 5.82 Å². The second-order valence-corrected chi connectivity index (χ2v) is 4.90. The van der Waals surface area contributed by atoms with E-state index in [1.54, 1.807) is 11.3 Å². The zero-order valence-electron chi connectivity index (χ0n) is 8.95. The van der Waals surface area contributed by atoms with E-state index in [0.29, 0.717) is 17.9 Å². The summed E-state index contributed by atoms with van der Waals surface area (Å²) in [6.07, 6.45) is 0.933. The molecular weight excluding hydrogens is 259 g/mol. The molecule has 1 nitrogen and oxygen atoms in total. The summed E-state index contributed by atoms with van der Waals surface area (Å²) in [5.74, 6) is -0.721. The predicted molar refractivity (Wildman–Crippen MR) is 68.4 cm³/mol. The lowest BCUT2D eigenvalue weighted by atomic mass is 10.0. The minimum atomic E-state index is -0.510. The Kier molecular flexibility index (Phi) is 3.92. The van der Waals surface area contributed by atoms with Gasteiger partial charge in [0.2, 0.25) is 0 Å². The van der Waals surface area contributed by atoms with E-state index >= 15 is 0 Å². The zero-order chi connectivity index (χ0) is 12.3. The highest BCUT2D eigenvalue weighted by atomic mass is 35.5. The SMILES string of the molecule is O=C(CCc1ccsc1)c1cc(Cl)ccc1F. The maximum atomic E-state index is 13.4. The molecule has 0 bridgehead atoms. The summed E-state index contributed by atoms with van der Waals surface area (Å²) in [7, 11) is 0. The molecule has 0 spiro atoms. The van der Waals surface area contributed by atoms with Crippen molar-refractivity contribution >= 4 is 28.7 Å². The van der Waals surface area contributed by atoms with E-state index in [-0.39, 0.29) is 11.3 Å². The van der Waals surface area contributed by atoms with Crippen LogP contribution in [0.25, 0.3) is 0 Å². The maximum absolute atomic E-state index is 13.4. The van der Waals surface area contributed by atoms with Gasteiger partial charge in [-0.25, -0.2) is 4.39 Å². The van der Waals surface area contributed by atoms with E-state index < -0.39 is 5.82 Å². The van der Waals surface area contributed by atoms with Gasteiger partial charge in [-0.1, -0.05) is 11.6 Å². The molecule has 0 atom stereocenters. The summed E-state index contributed by atoms with van der Waals surface area (Å²) in [5, 5.41) is 4.33. The van der Waals surface area contributed by atoms with Crippen molar-refractivity contribution in [3.63, 3.8) is 0 Å². The predicted octanol–water partition coefficient (Wildman–Crippen LogP) is 4.36. The van der Waals surface area contributed by atoms with Crippen LogP contribution in [-0.2, 0) is 6.42 Å². The Bertz CT molecular complexity index is 522. The van der Waals surface area contributed by atoms with Gasteiger partial charge in [0.1, 0.15) is 5.82 Å². The smallest absolute Gasteiger partial charge is 0.166 e. The largest absolute Gasteiger partial charge is 0.294 e. The second-order valence-electron chi connectivity index (χ2n) is 3.68. The van der Waals surface area contributed by atoms with Crippen molar-refractivity contribution in [2.24, 2.45) is 0 Å². The van der Waals surface area contributed by atoms with E-state index in [9.17, 15) is 9.18 Å². The number of thiophene rings is 1. The number of benzene rings is 1. The minimum absolute atomic E-state index is 0.0766. The standard InChI is InChI=1S/C13H10ClFOS/c14-10-2-3-12(15)11(7-10)13(16)4-1-9-5-6-17-8-9/h2-3,5-8H,1,4H2. The first kappa shape index (κ1) is 12.3. The highest BCUT2D eigenvalue weighted by Crippen LogP contribution is 2.18. The molecule has 0 aliphatic rings. The number of Topliss-reactive ketones (excluding diaryl/α,β-unsaturated/α-hetero) is 1. The first-order valence-electron chi connectivity index (χ1n) is 5.16. The van der Waals surface area contributed by atoms with Crippen LogP contribution in [0.15, 0.2) is 35.0 Å². The van der Waals surface area contributed by atoms with Gasteiger partial charge < -0.3 is 0 Å². The second kappa shape index (κ2) is 5.43. The monoisotopic (exact) mass is 268 g/mol. The van der Waals surface area contributed by atoms with Gasteiger partial charge in [-0.2, -0.15) is 11.3 Å². The molecule has 0 amide bonds. The summed E-state index contributed by atoms with van der Waals surface area (Å²) in [6.45, 7) is 0. The zero-order valence-corrected chi connectivity index (χ0v) is 10.5. The van der Waals surface area contributed by atoms with E-state index in [4.69, 9.17) is 11.6 Å². The molecule has 0 radical (unpaired) electrons. The molecular formula is C13H10ClFOS. The van der Waals surface area contributed by atoms with Gasteiger partial charge in [-0.05, 0) is 47.0 Å². The summed E-state index contributed by atoms with van der Waals surface area (Å²) >= 11 is 7.33. The highest BCUT2D eigenvalue weighted by Gasteiger charge is 2.12. The average Bonchev–Trinajstić information content (AvgIpc) is 2.82. The van der Waals surface area contributed by atoms with Crippen LogP contribution < -0.4 is 0 Å². The highest BCUT2D eigenvalue weighted by molar-refractivity contribution is 7.07. The average molecular weight is 269 g/mol. The van der Waals surface area contributed by atoms with Gasteiger partial charge in [0.25, 0.3) is 0 Å². The molecule has 2 aromatic rings. The molecule has 17 heavy (non-hydrogen) atoms. The van der Waals surface area contributed by atoms with E-state index in [0.717, 1.165) is 5.56 Å². The summed E-state index contributed by atoms with van der Waals surface area (Å²) in [5.41, 5.74) is 1.18. The van der Waals surface area contributed by atoms with Crippen molar-refractivity contribution in [1.29, 1.82) is 0 Å². The Morgan fingerprint density at radius 3 is 2.88 bits per heavy atom. The molecule has 88 valence electrons. The molecule has 0 aliphatic heterocycles. The fraction of sp³-hybridized carbons (Fsp3) is 0.154. The lowest BCUT2D eigenvalue weighted by Crippen LogP contribution is -2.03. The molecule has 2 rings (SSSR count). The number of ketones is 1. The third kappa shape index (κ3) is 3.14. The fourth-order valence-electron chi connectivity index (χ4n) is 1.54. The summed E-state index contributed by atoms with van der Waals surface area (Å²) in [4.78, 5) is 11.8. The van der Waals surface area contributed by atoms with Gasteiger partial charge in [-0.3, -0.25) is 4.79 Å². The number of carbonyl (C=O) groups is 1. The number of halogens is 2. The molecule has 1 heterocycles. The van der Waals surface area contributed by atoms with Crippen molar-refractivity contribution < 1.29 is 9.18 Å². The van der Waals surface area contributed by atoms with Gasteiger partial charge in [0.15, 0.2) is 5.78 Å². The third-order valence-corrected chi connectivity index (χ3v) is 3.42. The van der Waals surface area contributed by atoms with Crippen LogP contribution in [0.4, 0.5) is 4.39 Å². The summed E-state index contributed by atoms with van der Waals surface area (Å²) in [6, 6.07) is 6.01. The van der Waals surface area contributed by atoms with Crippen LogP contribution in [0.1, 0.15) is 22.3 Å². The van der Waals surface area contributed by atoms with E-state index in [2.05, 4.69) is 0 Å². The Morgan fingerprint density at radius 2 is 2.18 bits per heavy atom. The summed E-state index contributed by atoms with van der Waals surface area (Å²) < 4.78 is 13.4. The van der Waals surface area contributed by atoms with Gasteiger partial charge in [0, 0.05) is 11.4 Å². The third-order valence-electron chi connectivity index (χ3n) is 2.45. The molecule has 4 heteroatoms. The van der Waals surface area contributed by atoms with Crippen molar-refractivity contribution in [2.45, 2.75) is 12.8 Å². The first-order valence-corrected chi connectivity index (χ1v) is 6.48. The maximum Gasteiger partial charge on any atom is 0.166 e. The normalized spacial score (nSPS) is 10.5. The molecule has 1 aromatic carbocycles. The van der Waals surface area contributed by atoms with Gasteiger partial charge in [0.05, 0.1) is 5.56 Å². The van der Waals surface area contributed by atoms with Crippen molar-refractivity contribution in [2.75, 3.05) is 0 Å². The van der Waals surface area contributed by atoms with Crippen LogP contribution in [0.5, 0.6) is 0 Å². The van der Waals surface area contributed by atoms with Crippen LogP contribution in [0.2, 0.25) is 5.02 Å². The van der Waals surface area contributed by atoms with Crippen LogP contribution in [-0.4, -0.2) is 5.78 Å². The number of hydrogen-bond donors (Lipinski definition) is 0. The topological polar surface area (TPSA) is 17.1 Å². The Hall–Kier alpha value is -1.19. The molecule has 0 N–H and O–H groups in total. The molecule has 0 saturated carbocycles. The van der Waals surface area contributed by atoms with Crippen LogP contribution in [0.3, 0.4) is 0 Å². The van der Waals surface area contributed by atoms with E-state index in [1.165, 1.54) is 18.2 Å². The van der Waals surface area contributed by atoms with Crippen molar-refractivity contribution in [3.05, 3.63) is 57.0 Å². The molecule has 1 aromatic heterocycles. The van der Waals surface area contributed by atoms with Gasteiger partial charge in [-0.15, -0.1) is 0 Å². The molecule has 0 aliphatic carbocycles. The molecule has 0 fully saturated rings. The number of aryl methyl sites for hydroxylation is 1. The van der Waals surface area contributed by atoms with E-state index in [1.807, 2.05) is 16.8 Å². The number of rotatable bonds is 4. The Balaban J connectivity index is 2.07. The molecule has 0 unspecified atom stereocenters. The number of carbonyl (C=O) groups excluding carboxylic acids is 1. The quantitative estimate of drug-likeness (QED) is 0.753. The van der Waals surface area contributed by atoms with Gasteiger partial charge >= 0.3 is 0 Å². The fourth-order valence-corrected chi connectivity index (χ4v) is 2.41. The van der Waals surface area contributed by atoms with Crippen LogP contribution >= 0.6 is 22.9 Å². The molecule has 0 saturated heterocycles. The van der Waals surface area contributed by atoms with Crippen molar-refractivity contribution in [3.8, 4) is 0 Å². The minimum Gasteiger partial charge on any atom is -0.294 e.